The second-order valence-corrected chi connectivity index (χ2v) is 7.01. The number of rotatable bonds is 4. The molecule has 0 aliphatic carbocycles. The molecular weight excluding hydrogens is 419 g/mol. The Balaban J connectivity index is 2.03. The van der Waals surface area contributed by atoms with Crippen LogP contribution in [0.3, 0.4) is 0 Å². The molecule has 1 heterocycles. The molecule has 0 atom stereocenters. The summed E-state index contributed by atoms with van der Waals surface area (Å²) in [5.41, 5.74) is 5.57. The number of nitrogens with one attached hydrogen (secondary N) is 1. The molecule has 160 valence electrons. The predicted molar refractivity (Wildman–Crippen MR) is 115 cm³/mol. The molecule has 0 bridgehead atoms. The summed E-state index contributed by atoms with van der Waals surface area (Å²) in [7, 11) is 0. The quantitative estimate of drug-likeness (QED) is 0.407. The smallest absolute Gasteiger partial charge is 0.351 e. The van der Waals surface area contributed by atoms with Crippen molar-refractivity contribution in [1.29, 1.82) is 0 Å². The van der Waals surface area contributed by atoms with Crippen LogP contribution >= 0.6 is 0 Å². The maximum atomic E-state index is 13.6. The van der Waals surface area contributed by atoms with Crippen LogP contribution in [0.25, 0.3) is 22.0 Å². The van der Waals surface area contributed by atoms with Gasteiger partial charge >= 0.3 is 12.2 Å². The van der Waals surface area contributed by atoms with E-state index < -0.39 is 17.8 Å². The second-order valence-electron chi connectivity index (χ2n) is 7.01. The number of aromatic nitrogens is 1. The normalized spacial score (nSPS) is 11.3. The molecule has 3 N–H and O–H groups in total. The number of urea groups is 1. The Bertz CT molecular complexity index is 1340. The van der Waals surface area contributed by atoms with E-state index in [1.807, 2.05) is 0 Å². The highest BCUT2D eigenvalue weighted by atomic mass is 19.4. The lowest BCUT2D eigenvalue weighted by Gasteiger charge is -2.16. The van der Waals surface area contributed by atoms with E-state index in [2.05, 4.69) is 10.3 Å². The van der Waals surface area contributed by atoms with Crippen LogP contribution in [0, 0.1) is 0 Å². The molecule has 0 fully saturated rings. The summed E-state index contributed by atoms with van der Waals surface area (Å²) >= 11 is 0. The molecule has 0 radical (unpaired) electrons. The van der Waals surface area contributed by atoms with Crippen LogP contribution in [-0.4, -0.2) is 16.8 Å². The van der Waals surface area contributed by atoms with E-state index in [1.165, 1.54) is 12.1 Å². The number of amides is 2. The molecule has 8 heteroatoms. The summed E-state index contributed by atoms with van der Waals surface area (Å²) in [6, 6.07) is 17.7. The number of para-hydroxylation sites is 1. The van der Waals surface area contributed by atoms with Gasteiger partial charge in [0.15, 0.2) is 5.78 Å². The van der Waals surface area contributed by atoms with Gasteiger partial charge in [-0.3, -0.25) is 9.78 Å². The zero-order valence-corrected chi connectivity index (χ0v) is 16.5. The van der Waals surface area contributed by atoms with E-state index in [4.69, 9.17) is 5.73 Å². The van der Waals surface area contributed by atoms with Crippen molar-refractivity contribution in [2.24, 2.45) is 5.73 Å². The fraction of sp³-hybridized carbons (Fsp3) is 0.0417. The van der Waals surface area contributed by atoms with Crippen molar-refractivity contribution >= 4 is 28.4 Å². The van der Waals surface area contributed by atoms with Gasteiger partial charge in [0.25, 0.3) is 0 Å². The third-order valence-electron chi connectivity index (χ3n) is 4.90. The van der Waals surface area contributed by atoms with Crippen molar-refractivity contribution in [3.05, 3.63) is 95.7 Å². The van der Waals surface area contributed by atoms with Crippen molar-refractivity contribution in [3.8, 4) is 11.1 Å². The number of nitrogens with zero attached hydrogens (tertiary/aromatic N) is 1. The Kier molecular flexibility index (Phi) is 5.36. The number of hydrogen-bond donors (Lipinski definition) is 2. The zero-order valence-electron chi connectivity index (χ0n) is 16.5. The lowest BCUT2D eigenvalue weighted by Crippen LogP contribution is -2.19. The maximum absolute atomic E-state index is 13.6. The molecule has 0 aliphatic heterocycles. The van der Waals surface area contributed by atoms with Crippen LogP contribution in [0.1, 0.15) is 21.5 Å². The zero-order chi connectivity index (χ0) is 22.9. The first-order valence-corrected chi connectivity index (χ1v) is 9.51. The number of primary amides is 1. The number of nitrogens with two attached hydrogens (primary N) is 1. The van der Waals surface area contributed by atoms with Gasteiger partial charge in [-0.25, -0.2) is 4.79 Å². The minimum absolute atomic E-state index is 0.138. The molecule has 0 saturated heterocycles. The maximum Gasteiger partial charge on any atom is 0.418 e. The minimum atomic E-state index is -4.62. The molecule has 4 rings (SSSR count). The molecule has 4 aromatic rings. The number of carbonyl (C=O) groups excluding carboxylic acids is 2. The molecule has 0 spiro atoms. The molecule has 3 aromatic carbocycles. The summed E-state index contributed by atoms with van der Waals surface area (Å²) in [6.45, 7) is 0. The monoisotopic (exact) mass is 435 g/mol. The van der Waals surface area contributed by atoms with Gasteiger partial charge in [0, 0.05) is 34.0 Å². The Morgan fingerprint density at radius 2 is 1.62 bits per heavy atom. The number of benzene rings is 3. The number of ketones is 1. The van der Waals surface area contributed by atoms with Gasteiger partial charge in [-0.05, 0) is 23.8 Å². The first kappa shape index (κ1) is 21.0. The van der Waals surface area contributed by atoms with Crippen molar-refractivity contribution < 1.29 is 22.8 Å². The fourth-order valence-corrected chi connectivity index (χ4v) is 3.57. The second kappa shape index (κ2) is 8.14. The number of anilines is 1. The van der Waals surface area contributed by atoms with E-state index >= 15 is 0 Å². The average molecular weight is 435 g/mol. The minimum Gasteiger partial charge on any atom is -0.351 e. The van der Waals surface area contributed by atoms with Gasteiger partial charge < -0.3 is 11.1 Å². The average Bonchev–Trinajstić information content (AvgIpc) is 2.77. The van der Waals surface area contributed by atoms with Crippen LogP contribution < -0.4 is 11.1 Å². The van der Waals surface area contributed by atoms with Crippen LogP contribution in [0.2, 0.25) is 0 Å². The van der Waals surface area contributed by atoms with E-state index in [0.29, 0.717) is 16.8 Å². The number of halogens is 3. The van der Waals surface area contributed by atoms with E-state index in [0.717, 1.165) is 12.3 Å². The number of hydrogen-bond acceptors (Lipinski definition) is 3. The highest BCUT2D eigenvalue weighted by molar-refractivity contribution is 6.17. The van der Waals surface area contributed by atoms with Crippen LogP contribution in [-0.2, 0) is 6.18 Å². The lowest BCUT2D eigenvalue weighted by molar-refractivity contribution is -0.136. The van der Waals surface area contributed by atoms with Gasteiger partial charge in [-0.1, -0.05) is 54.6 Å². The third-order valence-corrected chi connectivity index (χ3v) is 4.90. The molecule has 2 amide bonds. The molecule has 32 heavy (non-hydrogen) atoms. The number of fused-ring (bicyclic) bond motifs is 1. The molecule has 5 nitrogen and oxygen atoms in total. The topological polar surface area (TPSA) is 85.1 Å². The van der Waals surface area contributed by atoms with Crippen molar-refractivity contribution in [2.75, 3.05) is 5.32 Å². The molecule has 0 aliphatic rings. The Hall–Kier alpha value is -4.20. The first-order chi connectivity index (χ1) is 15.3. The highest BCUT2D eigenvalue weighted by Crippen LogP contribution is 2.39. The first-order valence-electron chi connectivity index (χ1n) is 9.51. The number of alkyl halides is 3. The predicted octanol–water partition coefficient (Wildman–Crippen LogP) is 5.64. The Morgan fingerprint density at radius 1 is 0.906 bits per heavy atom. The molecular formula is C24H16F3N3O2. The van der Waals surface area contributed by atoms with Crippen molar-refractivity contribution in [2.45, 2.75) is 6.18 Å². The standard InChI is InChI=1S/C24H16F3N3O2/c25-24(26,27)19-11-5-10-17-20(15-8-4-9-16(12-15)30-23(28)32)18(13-29-21(17)19)22(31)14-6-2-1-3-7-14/h1-13H,(H3,28,30,32). The van der Waals surface area contributed by atoms with Crippen LogP contribution in [0.5, 0.6) is 0 Å². The lowest BCUT2D eigenvalue weighted by atomic mass is 9.91. The third kappa shape index (κ3) is 4.02. The summed E-state index contributed by atoms with van der Waals surface area (Å²) in [6.07, 6.45) is -3.46. The fourth-order valence-electron chi connectivity index (χ4n) is 3.57. The summed E-state index contributed by atoms with van der Waals surface area (Å²) in [4.78, 5) is 28.6. The van der Waals surface area contributed by atoms with Crippen molar-refractivity contribution in [3.63, 3.8) is 0 Å². The Labute approximate surface area is 180 Å². The van der Waals surface area contributed by atoms with Gasteiger partial charge in [0.2, 0.25) is 0 Å². The number of carbonyl (C=O) groups is 2. The highest BCUT2D eigenvalue weighted by Gasteiger charge is 2.34. The Morgan fingerprint density at radius 3 is 2.31 bits per heavy atom. The largest absolute Gasteiger partial charge is 0.418 e. The number of pyridine rings is 1. The summed E-state index contributed by atoms with van der Waals surface area (Å²) in [5.74, 6) is -0.388. The van der Waals surface area contributed by atoms with Crippen molar-refractivity contribution in [1.82, 2.24) is 4.98 Å². The molecule has 0 unspecified atom stereocenters. The van der Waals surface area contributed by atoms with Gasteiger partial charge in [0.05, 0.1) is 11.1 Å². The van der Waals surface area contributed by atoms with Crippen LogP contribution in [0.4, 0.5) is 23.7 Å². The summed E-state index contributed by atoms with van der Waals surface area (Å²) < 4.78 is 40.8. The van der Waals surface area contributed by atoms with Gasteiger partial charge in [-0.15, -0.1) is 0 Å². The van der Waals surface area contributed by atoms with E-state index in [-0.39, 0.29) is 27.8 Å². The van der Waals surface area contributed by atoms with Gasteiger partial charge in [-0.2, -0.15) is 13.2 Å². The molecule has 1 aromatic heterocycles. The van der Waals surface area contributed by atoms with Crippen LogP contribution in [0.15, 0.2) is 79.0 Å². The SMILES string of the molecule is NC(=O)Nc1cccc(-c2c(C(=O)c3ccccc3)cnc3c(C(F)(F)F)cccc23)c1. The van der Waals surface area contributed by atoms with E-state index in [9.17, 15) is 22.8 Å². The molecule has 0 saturated carbocycles. The summed E-state index contributed by atoms with van der Waals surface area (Å²) in [5, 5.41) is 2.60. The van der Waals surface area contributed by atoms with Gasteiger partial charge in [0.1, 0.15) is 0 Å². The van der Waals surface area contributed by atoms with E-state index in [1.54, 1.807) is 54.6 Å².